The molecular weight excluding hydrogens is 456 g/mol. The van der Waals surface area contributed by atoms with Crippen LogP contribution in [-0.4, -0.2) is 33.9 Å². The van der Waals surface area contributed by atoms with Gasteiger partial charge in [0.2, 0.25) is 0 Å². The van der Waals surface area contributed by atoms with Gasteiger partial charge in [0.05, 0.1) is 11.1 Å². The lowest BCUT2D eigenvalue weighted by molar-refractivity contribution is -0.193. The summed E-state index contributed by atoms with van der Waals surface area (Å²) in [6.45, 7) is 1.94. The molecule has 2 aromatic rings. The van der Waals surface area contributed by atoms with Crippen molar-refractivity contribution in [3.8, 4) is 6.07 Å². The second-order valence-electron chi connectivity index (χ2n) is 7.02. The molecule has 7 nitrogen and oxygen atoms in total. The van der Waals surface area contributed by atoms with Crippen LogP contribution in [0.25, 0.3) is 0 Å². The van der Waals surface area contributed by atoms with Crippen molar-refractivity contribution in [2.75, 3.05) is 5.32 Å². The molecule has 1 atom stereocenters. The van der Waals surface area contributed by atoms with Crippen molar-refractivity contribution < 1.29 is 31.9 Å². The zero-order valence-corrected chi connectivity index (χ0v) is 17.8. The van der Waals surface area contributed by atoms with E-state index in [1.54, 1.807) is 11.4 Å². The first kappa shape index (κ1) is 24.9. The lowest BCUT2D eigenvalue weighted by Gasteiger charge is -2.31. The van der Waals surface area contributed by atoms with Gasteiger partial charge >= 0.3 is 6.18 Å². The number of Topliss-reactive ketones (excluding diaryl/α,β-unsaturated/α-hetero) is 1. The van der Waals surface area contributed by atoms with Crippen LogP contribution < -0.4 is 10.6 Å². The Hall–Kier alpha value is -3.39. The van der Waals surface area contributed by atoms with Crippen LogP contribution in [0.3, 0.4) is 0 Å². The summed E-state index contributed by atoms with van der Waals surface area (Å²) in [5.74, 6) is -4.51. The van der Waals surface area contributed by atoms with Gasteiger partial charge in [0.1, 0.15) is 28.3 Å². The number of nitrogens with one attached hydrogen (secondary N) is 2. The summed E-state index contributed by atoms with van der Waals surface area (Å²) in [6, 6.07) is 5.81. The summed E-state index contributed by atoms with van der Waals surface area (Å²) in [7, 11) is 1.29. The molecule has 0 aliphatic rings. The minimum atomic E-state index is -4.80. The lowest BCUT2D eigenvalue weighted by atomic mass is 9.97. The molecule has 1 aromatic heterocycles. The molecule has 170 valence electrons. The van der Waals surface area contributed by atoms with Gasteiger partial charge in [0.15, 0.2) is 0 Å². The quantitative estimate of drug-likeness (QED) is 0.377. The number of carbonyl (C=O) groups is 3. The van der Waals surface area contributed by atoms with E-state index >= 15 is 0 Å². The standard InChI is InChI=1S/C20H17ClF4N4O3/c1-4-19(2,20(23,24)25)28-18(32)15(30)12-8-14(29(3)16(12)21)17(31)27-11-5-6-13(22)10(7-11)9-26/h5-8H,4H2,1-3H3,(H,27,31)(H,28,32). The third kappa shape index (κ3) is 4.75. The van der Waals surface area contributed by atoms with Gasteiger partial charge in [-0.15, -0.1) is 0 Å². The molecule has 0 spiro atoms. The third-order valence-corrected chi connectivity index (χ3v) is 5.37. The topological polar surface area (TPSA) is 104 Å². The predicted octanol–water partition coefficient (Wildman–Crippen LogP) is 3.97. The van der Waals surface area contributed by atoms with Crippen molar-refractivity contribution in [2.45, 2.75) is 32.0 Å². The van der Waals surface area contributed by atoms with Crippen LogP contribution >= 0.6 is 11.6 Å². The van der Waals surface area contributed by atoms with Crippen molar-refractivity contribution in [3.05, 3.63) is 52.1 Å². The predicted molar refractivity (Wildman–Crippen MR) is 107 cm³/mol. The molecule has 32 heavy (non-hydrogen) atoms. The fourth-order valence-electron chi connectivity index (χ4n) is 2.63. The minimum Gasteiger partial charge on any atom is -0.335 e. The molecule has 0 saturated carbocycles. The van der Waals surface area contributed by atoms with E-state index in [1.165, 1.54) is 20.0 Å². The molecule has 2 rings (SSSR count). The van der Waals surface area contributed by atoms with E-state index in [-0.39, 0.29) is 22.1 Å². The average Bonchev–Trinajstić information content (AvgIpc) is 3.02. The molecule has 2 N–H and O–H groups in total. The molecule has 0 bridgehead atoms. The van der Waals surface area contributed by atoms with Crippen LogP contribution in [0.15, 0.2) is 24.3 Å². The molecule has 1 heterocycles. The van der Waals surface area contributed by atoms with Crippen LogP contribution in [0.2, 0.25) is 5.15 Å². The van der Waals surface area contributed by atoms with E-state index in [2.05, 4.69) is 5.32 Å². The Labute approximate surface area is 184 Å². The zero-order chi connectivity index (χ0) is 24.4. The number of anilines is 1. The highest BCUT2D eigenvalue weighted by Gasteiger charge is 2.51. The van der Waals surface area contributed by atoms with Gasteiger partial charge in [-0.25, -0.2) is 4.39 Å². The SMILES string of the molecule is CCC(C)(NC(=O)C(=O)c1cc(C(=O)Nc2ccc(F)c(C#N)c2)n(C)c1Cl)C(F)(F)F. The number of rotatable bonds is 6. The highest BCUT2D eigenvalue weighted by atomic mass is 35.5. The number of benzene rings is 1. The zero-order valence-electron chi connectivity index (χ0n) is 17.0. The molecule has 0 aliphatic carbocycles. The fraction of sp³-hybridized carbons (Fsp3) is 0.300. The van der Waals surface area contributed by atoms with Gasteiger partial charge in [-0.2, -0.15) is 18.4 Å². The van der Waals surface area contributed by atoms with E-state index in [9.17, 15) is 31.9 Å². The van der Waals surface area contributed by atoms with Gasteiger partial charge in [0, 0.05) is 12.7 Å². The molecule has 2 amide bonds. The molecule has 1 unspecified atom stereocenters. The van der Waals surface area contributed by atoms with Gasteiger partial charge in [-0.05, 0) is 37.6 Å². The number of halogens is 5. The summed E-state index contributed by atoms with van der Waals surface area (Å²) in [5.41, 5.74) is -3.57. The number of alkyl halides is 3. The summed E-state index contributed by atoms with van der Waals surface area (Å²) in [5, 5.41) is 12.6. The Balaban J connectivity index is 2.30. The van der Waals surface area contributed by atoms with Crippen molar-refractivity contribution in [1.29, 1.82) is 5.26 Å². The number of nitriles is 1. The number of nitrogens with zero attached hydrogens (tertiary/aromatic N) is 2. The van der Waals surface area contributed by atoms with Crippen molar-refractivity contribution in [1.82, 2.24) is 9.88 Å². The normalized spacial score (nSPS) is 13.1. The Morgan fingerprint density at radius 1 is 1.22 bits per heavy atom. The van der Waals surface area contributed by atoms with Gasteiger partial charge in [0.25, 0.3) is 17.6 Å². The maximum absolute atomic E-state index is 13.4. The second kappa shape index (κ2) is 9.00. The maximum Gasteiger partial charge on any atom is 0.411 e. The first-order valence-electron chi connectivity index (χ1n) is 9.05. The first-order chi connectivity index (χ1) is 14.8. The van der Waals surface area contributed by atoms with E-state index in [0.717, 1.165) is 29.7 Å². The molecule has 0 aliphatic heterocycles. The van der Waals surface area contributed by atoms with Crippen molar-refractivity contribution in [3.63, 3.8) is 0 Å². The van der Waals surface area contributed by atoms with Gasteiger partial charge in [-0.3, -0.25) is 14.4 Å². The average molecular weight is 473 g/mol. The Morgan fingerprint density at radius 3 is 2.38 bits per heavy atom. The van der Waals surface area contributed by atoms with Gasteiger partial charge in [-0.1, -0.05) is 18.5 Å². The molecule has 12 heteroatoms. The number of amides is 2. The highest BCUT2D eigenvalue weighted by Crippen LogP contribution is 2.33. The summed E-state index contributed by atoms with van der Waals surface area (Å²) in [4.78, 5) is 37.2. The van der Waals surface area contributed by atoms with Crippen molar-refractivity contribution >= 4 is 34.9 Å². The van der Waals surface area contributed by atoms with Crippen LogP contribution in [0.1, 0.15) is 46.7 Å². The summed E-state index contributed by atoms with van der Waals surface area (Å²) < 4.78 is 54.1. The largest absolute Gasteiger partial charge is 0.411 e. The number of hydrogen-bond donors (Lipinski definition) is 2. The smallest absolute Gasteiger partial charge is 0.335 e. The molecular formula is C20H17ClF4N4O3. The summed E-state index contributed by atoms with van der Waals surface area (Å²) in [6.07, 6.45) is -5.32. The fourth-order valence-corrected chi connectivity index (χ4v) is 2.86. The Morgan fingerprint density at radius 2 is 1.84 bits per heavy atom. The number of hydrogen-bond acceptors (Lipinski definition) is 4. The van der Waals surface area contributed by atoms with E-state index in [0.29, 0.717) is 0 Å². The van der Waals surface area contributed by atoms with Crippen molar-refractivity contribution in [2.24, 2.45) is 7.05 Å². The van der Waals surface area contributed by atoms with Gasteiger partial charge < -0.3 is 15.2 Å². The maximum atomic E-state index is 13.4. The second-order valence-corrected chi connectivity index (χ2v) is 7.38. The molecule has 0 fully saturated rings. The van der Waals surface area contributed by atoms with Crippen LogP contribution in [0.4, 0.5) is 23.2 Å². The number of carbonyl (C=O) groups excluding carboxylic acids is 3. The van der Waals surface area contributed by atoms with E-state index < -0.39 is 47.1 Å². The van der Waals surface area contributed by atoms with E-state index in [1.807, 2.05) is 0 Å². The van der Waals surface area contributed by atoms with Crippen LogP contribution in [0.5, 0.6) is 0 Å². The first-order valence-corrected chi connectivity index (χ1v) is 9.43. The van der Waals surface area contributed by atoms with E-state index in [4.69, 9.17) is 16.9 Å². The Kier molecular flexibility index (Phi) is 7.00. The summed E-state index contributed by atoms with van der Waals surface area (Å²) >= 11 is 6.03. The van der Waals surface area contributed by atoms with Crippen LogP contribution in [-0.2, 0) is 11.8 Å². The Bertz CT molecular complexity index is 1140. The number of aromatic nitrogens is 1. The monoisotopic (exact) mass is 472 g/mol. The molecule has 0 saturated heterocycles. The van der Waals surface area contributed by atoms with Crippen LogP contribution in [0, 0.1) is 17.1 Å². The molecule has 0 radical (unpaired) electrons. The molecule has 1 aromatic carbocycles. The minimum absolute atomic E-state index is 0.0692. The lowest BCUT2D eigenvalue weighted by Crippen LogP contribution is -2.57. The number of ketones is 1. The third-order valence-electron chi connectivity index (χ3n) is 4.91. The highest BCUT2D eigenvalue weighted by molar-refractivity contribution is 6.47.